The minimum atomic E-state index is -4.15. The molecule has 0 aromatic heterocycles. The third-order valence-electron chi connectivity index (χ3n) is 0.903. The van der Waals surface area contributed by atoms with Crippen LogP contribution in [0.1, 0.15) is 6.92 Å². The summed E-state index contributed by atoms with van der Waals surface area (Å²) in [7, 11) is -4.15. The van der Waals surface area contributed by atoms with E-state index in [4.69, 9.17) is 10.3 Å². The van der Waals surface area contributed by atoms with Crippen LogP contribution in [-0.4, -0.2) is 23.6 Å². The Kier molecular flexibility index (Phi) is 2.51. The van der Waals surface area contributed by atoms with Crippen LogP contribution in [0.2, 0.25) is 0 Å². The third-order valence-corrected chi connectivity index (χ3v) is 3.10. The smallest absolute Gasteiger partial charge is 0.284 e. The molecule has 3 N–H and O–H groups in total. The molecule has 0 aromatic rings. The maximum Gasteiger partial charge on any atom is 0.284 e. The Morgan fingerprint density at radius 1 is 1.78 bits per heavy atom. The van der Waals surface area contributed by atoms with Crippen molar-refractivity contribution in [2.24, 2.45) is 5.73 Å². The van der Waals surface area contributed by atoms with Crippen molar-refractivity contribution in [1.82, 2.24) is 0 Å². The number of nitrogens with two attached hydrogens (primary N) is 1. The molecule has 0 bridgehead atoms. The minimum Gasteiger partial charge on any atom is -0.310 e. The van der Waals surface area contributed by atoms with E-state index >= 15 is 0 Å². The van der Waals surface area contributed by atoms with Crippen LogP contribution in [0.4, 0.5) is 0 Å². The van der Waals surface area contributed by atoms with E-state index in [0.29, 0.717) is 0 Å². The molecule has 0 fully saturated rings. The van der Waals surface area contributed by atoms with Crippen LogP contribution in [0.5, 0.6) is 0 Å². The Bertz CT molecular complexity index is 183. The van der Waals surface area contributed by atoms with Crippen molar-refractivity contribution in [2.75, 3.05) is 5.75 Å². The van der Waals surface area contributed by atoms with Gasteiger partial charge in [-0.25, -0.2) is 0 Å². The van der Waals surface area contributed by atoms with Gasteiger partial charge >= 0.3 is 0 Å². The third kappa shape index (κ3) is 2.13. The van der Waals surface area contributed by atoms with Gasteiger partial charge in [0.25, 0.3) is 10.1 Å². The van der Waals surface area contributed by atoms with Gasteiger partial charge in [-0.15, -0.1) is 0 Å². The largest absolute Gasteiger partial charge is 0.310 e. The summed E-state index contributed by atoms with van der Waals surface area (Å²) in [5.41, 5.74) is 5.08. The second kappa shape index (κ2) is 2.45. The van der Waals surface area contributed by atoms with Gasteiger partial charge in [-0.05, 0) is 6.92 Å². The molecule has 56 valence electrons. The molecule has 0 spiro atoms. The Morgan fingerprint density at radius 2 is 2.11 bits per heavy atom. The lowest BCUT2D eigenvalue weighted by atomic mass is 10.4. The van der Waals surface area contributed by atoms with Crippen LogP contribution in [0.15, 0.2) is 0 Å². The van der Waals surface area contributed by atoms with E-state index in [-0.39, 0.29) is 5.75 Å². The van der Waals surface area contributed by atoms with Crippen molar-refractivity contribution in [2.45, 2.75) is 11.8 Å². The molecule has 0 aliphatic rings. The van der Waals surface area contributed by atoms with E-state index in [1.165, 1.54) is 6.92 Å². The van der Waals surface area contributed by atoms with Crippen molar-refractivity contribution in [3.05, 3.63) is 0 Å². The summed E-state index contributed by atoms with van der Waals surface area (Å²) in [5, 5.41) is 0. The Balaban J connectivity index is 4.56. The highest BCUT2D eigenvalue weighted by atomic mass is 32.2. The van der Waals surface area contributed by atoms with Crippen molar-refractivity contribution in [3.63, 3.8) is 0 Å². The highest BCUT2D eigenvalue weighted by molar-refractivity contribution is 7.89. The summed E-state index contributed by atoms with van der Waals surface area (Å²) in [6, 6.07) is 0. The van der Waals surface area contributed by atoms with Crippen molar-refractivity contribution in [3.8, 4) is 0 Å². The van der Waals surface area contributed by atoms with Crippen LogP contribution in [0.25, 0.3) is 0 Å². The Labute approximate surface area is 59.6 Å². The Morgan fingerprint density at radius 3 is 2.11 bits per heavy atom. The molecule has 0 aliphatic heterocycles. The van der Waals surface area contributed by atoms with Gasteiger partial charge in [-0.3, -0.25) is 4.55 Å². The SMILES string of the molecule is CC(N)(CS)S(=O)(=O)O. The van der Waals surface area contributed by atoms with Gasteiger partial charge in [0.2, 0.25) is 0 Å². The average Bonchev–Trinajstić information content (AvgIpc) is 1.64. The molecular weight excluding hydrogens is 162 g/mol. The predicted molar refractivity (Wildman–Crippen MR) is 38.0 cm³/mol. The van der Waals surface area contributed by atoms with Gasteiger partial charge in [0.15, 0.2) is 4.87 Å². The number of rotatable bonds is 2. The van der Waals surface area contributed by atoms with Crippen LogP contribution < -0.4 is 5.73 Å². The van der Waals surface area contributed by atoms with E-state index < -0.39 is 15.0 Å². The lowest BCUT2D eigenvalue weighted by molar-refractivity contribution is 0.447. The second-order valence-corrected chi connectivity index (χ2v) is 4.14. The number of hydrogen-bond acceptors (Lipinski definition) is 4. The maximum atomic E-state index is 10.3. The van der Waals surface area contributed by atoms with Crippen molar-refractivity contribution in [1.29, 1.82) is 0 Å². The zero-order valence-corrected chi connectivity index (χ0v) is 6.61. The molecule has 9 heavy (non-hydrogen) atoms. The fourth-order valence-electron chi connectivity index (χ4n) is 0.0816. The molecule has 6 heteroatoms. The van der Waals surface area contributed by atoms with E-state index in [2.05, 4.69) is 12.6 Å². The van der Waals surface area contributed by atoms with Gasteiger partial charge in [0.1, 0.15) is 0 Å². The molecule has 0 saturated heterocycles. The summed E-state index contributed by atoms with van der Waals surface area (Å²) in [5.74, 6) is -0.105. The standard InChI is InChI=1S/C3H9NO3S2/c1-3(4,2-8)9(5,6)7/h8H,2,4H2,1H3,(H,5,6,7). The molecule has 0 radical (unpaired) electrons. The van der Waals surface area contributed by atoms with Crippen LogP contribution in [-0.2, 0) is 10.1 Å². The Hall–Kier alpha value is 0.220. The molecule has 4 nitrogen and oxygen atoms in total. The van der Waals surface area contributed by atoms with Crippen LogP contribution in [0, 0.1) is 0 Å². The first kappa shape index (κ1) is 9.22. The van der Waals surface area contributed by atoms with Crippen LogP contribution >= 0.6 is 12.6 Å². The molecule has 0 rings (SSSR count). The van der Waals surface area contributed by atoms with Gasteiger partial charge in [-0.1, -0.05) is 0 Å². The molecule has 0 heterocycles. The van der Waals surface area contributed by atoms with Gasteiger partial charge in [0, 0.05) is 5.75 Å². The van der Waals surface area contributed by atoms with Crippen molar-refractivity contribution >= 4 is 22.7 Å². The zero-order chi connectivity index (χ0) is 7.71. The summed E-state index contributed by atoms with van der Waals surface area (Å²) in [4.78, 5) is -1.63. The first-order valence-electron chi connectivity index (χ1n) is 2.18. The summed E-state index contributed by atoms with van der Waals surface area (Å²) in [6.45, 7) is 1.19. The highest BCUT2D eigenvalue weighted by Gasteiger charge is 2.31. The molecule has 0 aliphatic carbocycles. The number of thiol groups is 1. The van der Waals surface area contributed by atoms with E-state index in [9.17, 15) is 8.42 Å². The topological polar surface area (TPSA) is 80.4 Å². The number of hydrogen-bond donors (Lipinski definition) is 3. The molecule has 0 aromatic carbocycles. The lowest BCUT2D eigenvalue weighted by Gasteiger charge is -2.16. The molecule has 1 atom stereocenters. The monoisotopic (exact) mass is 171 g/mol. The fraction of sp³-hybridized carbons (Fsp3) is 1.00. The molecular formula is C3H9NO3S2. The lowest BCUT2D eigenvalue weighted by Crippen LogP contribution is -2.46. The maximum absolute atomic E-state index is 10.3. The van der Waals surface area contributed by atoms with Gasteiger partial charge in [-0.2, -0.15) is 21.0 Å². The van der Waals surface area contributed by atoms with E-state index in [1.807, 2.05) is 0 Å². The van der Waals surface area contributed by atoms with E-state index in [0.717, 1.165) is 0 Å². The van der Waals surface area contributed by atoms with Crippen molar-refractivity contribution < 1.29 is 13.0 Å². The van der Waals surface area contributed by atoms with Gasteiger partial charge in [0.05, 0.1) is 0 Å². The molecule has 1 unspecified atom stereocenters. The minimum absolute atomic E-state index is 0.105. The van der Waals surface area contributed by atoms with Crippen LogP contribution in [0.3, 0.4) is 0 Å². The first-order chi connectivity index (χ1) is 3.81. The quantitative estimate of drug-likeness (QED) is 0.386. The summed E-state index contributed by atoms with van der Waals surface area (Å²) in [6.07, 6.45) is 0. The summed E-state index contributed by atoms with van der Waals surface area (Å²) < 4.78 is 28.9. The highest BCUT2D eigenvalue weighted by Crippen LogP contribution is 2.08. The molecule has 0 saturated carbocycles. The zero-order valence-electron chi connectivity index (χ0n) is 4.90. The fourth-order valence-corrected chi connectivity index (χ4v) is 0.734. The van der Waals surface area contributed by atoms with E-state index in [1.54, 1.807) is 0 Å². The molecule has 0 amide bonds. The predicted octanol–water partition coefficient (Wildman–Crippen LogP) is -0.521. The normalized spacial score (nSPS) is 19.1. The second-order valence-electron chi connectivity index (χ2n) is 1.95. The first-order valence-corrected chi connectivity index (χ1v) is 4.25. The summed E-state index contributed by atoms with van der Waals surface area (Å²) >= 11 is 3.63. The average molecular weight is 171 g/mol. The van der Waals surface area contributed by atoms with Gasteiger partial charge < -0.3 is 5.73 Å².